The highest BCUT2D eigenvalue weighted by Crippen LogP contribution is 2.31. The third-order valence-corrected chi connectivity index (χ3v) is 4.52. The quantitative estimate of drug-likeness (QED) is 0.332. The number of fused-ring (bicyclic) bond motifs is 1. The fourth-order valence-electron chi connectivity index (χ4n) is 3.09. The molecule has 8 nitrogen and oxygen atoms in total. The molecule has 9 heteroatoms. The number of aryl methyl sites for hydroxylation is 1. The highest BCUT2D eigenvalue weighted by molar-refractivity contribution is 14.0. The molecule has 160 valence electrons. The minimum atomic E-state index is 0. The number of nitrogens with one attached hydrogen (secondary N) is 1. The minimum absolute atomic E-state index is 0. The number of aliphatic imine (C=N–C) groups is 1. The topological polar surface area (TPSA) is 76.8 Å². The van der Waals surface area contributed by atoms with E-state index in [1.54, 1.807) is 6.33 Å². The van der Waals surface area contributed by atoms with Gasteiger partial charge in [0, 0.05) is 39.6 Å². The van der Waals surface area contributed by atoms with Gasteiger partial charge in [0.15, 0.2) is 17.5 Å². The lowest BCUT2D eigenvalue weighted by atomic mass is 10.2. The third-order valence-electron chi connectivity index (χ3n) is 4.52. The Balaban J connectivity index is 0.00000300. The summed E-state index contributed by atoms with van der Waals surface area (Å²) in [5.41, 5.74) is 1.16. The van der Waals surface area contributed by atoms with Gasteiger partial charge in [0.05, 0.1) is 0 Å². The van der Waals surface area contributed by atoms with Crippen molar-refractivity contribution in [3.63, 3.8) is 0 Å². The van der Waals surface area contributed by atoms with Crippen LogP contribution in [-0.4, -0.2) is 59.0 Å². The van der Waals surface area contributed by atoms with Crippen LogP contribution in [0.4, 0.5) is 0 Å². The molecule has 2 heterocycles. The van der Waals surface area contributed by atoms with Gasteiger partial charge in [-0.2, -0.15) is 0 Å². The van der Waals surface area contributed by atoms with Crippen LogP contribution >= 0.6 is 24.0 Å². The Morgan fingerprint density at radius 1 is 1.24 bits per heavy atom. The number of nitrogens with zero attached hydrogens (tertiary/aromatic N) is 5. The molecule has 0 bridgehead atoms. The van der Waals surface area contributed by atoms with E-state index >= 15 is 0 Å². The van der Waals surface area contributed by atoms with E-state index in [9.17, 15) is 0 Å². The van der Waals surface area contributed by atoms with Crippen molar-refractivity contribution in [3.05, 3.63) is 35.9 Å². The lowest BCUT2D eigenvalue weighted by molar-refractivity contribution is 0.171. The number of ether oxygens (including phenoxy) is 2. The molecule has 3 rings (SSSR count). The molecule has 0 radical (unpaired) electrons. The lowest BCUT2D eigenvalue weighted by Crippen LogP contribution is -2.40. The Morgan fingerprint density at radius 2 is 2.03 bits per heavy atom. The van der Waals surface area contributed by atoms with E-state index in [-0.39, 0.29) is 24.0 Å². The Labute approximate surface area is 189 Å². The Morgan fingerprint density at radius 3 is 2.79 bits per heavy atom. The van der Waals surface area contributed by atoms with Crippen LogP contribution in [0.2, 0.25) is 0 Å². The average molecular weight is 514 g/mol. The number of hydrogen-bond acceptors (Lipinski definition) is 5. The molecule has 1 aromatic carbocycles. The van der Waals surface area contributed by atoms with Crippen LogP contribution in [0.3, 0.4) is 0 Å². The van der Waals surface area contributed by atoms with Crippen molar-refractivity contribution < 1.29 is 9.47 Å². The molecule has 1 aliphatic rings. The first-order valence-electron chi connectivity index (χ1n) is 9.96. The largest absolute Gasteiger partial charge is 0.486 e. The summed E-state index contributed by atoms with van der Waals surface area (Å²) in [4.78, 5) is 6.86. The van der Waals surface area contributed by atoms with Gasteiger partial charge in [-0.1, -0.05) is 19.9 Å². The number of benzene rings is 1. The normalized spacial score (nSPS) is 13.0. The molecular formula is C20H31IN6O2. The first-order chi connectivity index (χ1) is 13.7. The number of hydrogen-bond donors (Lipinski definition) is 1. The maximum absolute atomic E-state index is 5.70. The first kappa shape index (κ1) is 23.2. The van der Waals surface area contributed by atoms with Crippen molar-refractivity contribution in [2.45, 2.75) is 39.8 Å². The van der Waals surface area contributed by atoms with Crippen molar-refractivity contribution in [2.75, 3.05) is 33.4 Å². The van der Waals surface area contributed by atoms with Gasteiger partial charge < -0.3 is 24.3 Å². The predicted octanol–water partition coefficient (Wildman–Crippen LogP) is 2.72. The summed E-state index contributed by atoms with van der Waals surface area (Å²) in [6, 6.07) is 6.10. The van der Waals surface area contributed by atoms with Crippen molar-refractivity contribution >= 4 is 29.9 Å². The van der Waals surface area contributed by atoms with Crippen molar-refractivity contribution in [3.8, 4) is 11.5 Å². The highest BCUT2D eigenvalue weighted by Gasteiger charge is 2.14. The molecule has 1 aromatic heterocycles. The van der Waals surface area contributed by atoms with Gasteiger partial charge in [0.25, 0.3) is 0 Å². The second-order valence-electron chi connectivity index (χ2n) is 6.76. The van der Waals surface area contributed by atoms with E-state index in [2.05, 4.69) is 51.9 Å². The summed E-state index contributed by atoms with van der Waals surface area (Å²) in [5, 5.41) is 11.6. The molecule has 2 aromatic rings. The number of guanidine groups is 1. The molecule has 29 heavy (non-hydrogen) atoms. The second-order valence-corrected chi connectivity index (χ2v) is 6.76. The number of aromatic nitrogens is 3. The summed E-state index contributed by atoms with van der Waals surface area (Å²) in [7, 11) is 2.05. The molecule has 0 aliphatic carbocycles. The summed E-state index contributed by atoms with van der Waals surface area (Å²) >= 11 is 0. The van der Waals surface area contributed by atoms with Crippen LogP contribution in [0.5, 0.6) is 11.5 Å². The van der Waals surface area contributed by atoms with Crippen LogP contribution in [0.25, 0.3) is 0 Å². The van der Waals surface area contributed by atoms with Gasteiger partial charge in [-0.05, 0) is 24.1 Å². The van der Waals surface area contributed by atoms with Crippen LogP contribution in [-0.2, 0) is 19.5 Å². The van der Waals surface area contributed by atoms with Gasteiger partial charge in [0.2, 0.25) is 0 Å². The Bertz CT molecular complexity index is 795. The van der Waals surface area contributed by atoms with Crippen LogP contribution < -0.4 is 14.8 Å². The molecule has 0 saturated heterocycles. The zero-order chi connectivity index (χ0) is 19.8. The minimum Gasteiger partial charge on any atom is -0.486 e. The van der Waals surface area contributed by atoms with E-state index in [0.717, 1.165) is 67.9 Å². The molecule has 0 saturated carbocycles. The molecule has 0 fully saturated rings. The fourth-order valence-corrected chi connectivity index (χ4v) is 3.09. The van der Waals surface area contributed by atoms with E-state index in [1.807, 2.05) is 12.1 Å². The van der Waals surface area contributed by atoms with Gasteiger partial charge in [-0.25, -0.2) is 0 Å². The van der Waals surface area contributed by atoms with Crippen molar-refractivity contribution in [2.24, 2.45) is 4.99 Å². The first-order valence-corrected chi connectivity index (χ1v) is 9.96. The van der Waals surface area contributed by atoms with Crippen LogP contribution in [0.15, 0.2) is 29.5 Å². The zero-order valence-electron chi connectivity index (χ0n) is 17.4. The summed E-state index contributed by atoms with van der Waals surface area (Å²) in [6.45, 7) is 8.52. The number of halogens is 1. The highest BCUT2D eigenvalue weighted by atomic mass is 127. The van der Waals surface area contributed by atoms with E-state index in [1.165, 1.54) is 0 Å². The fraction of sp³-hybridized carbons (Fsp3) is 0.550. The van der Waals surface area contributed by atoms with Gasteiger partial charge in [0.1, 0.15) is 25.4 Å². The van der Waals surface area contributed by atoms with Crippen molar-refractivity contribution in [1.29, 1.82) is 0 Å². The summed E-state index contributed by atoms with van der Waals surface area (Å²) < 4.78 is 13.4. The molecular weight excluding hydrogens is 483 g/mol. The molecule has 1 aliphatic heterocycles. The van der Waals surface area contributed by atoms with Crippen LogP contribution in [0, 0.1) is 0 Å². The SMILES string of the molecule is CCCN=C(NCCn1cnnc1CC)N(C)Cc1ccc2c(c1)OCCO2.I. The molecule has 0 amide bonds. The van der Waals surface area contributed by atoms with Gasteiger partial charge in [-0.15, -0.1) is 34.2 Å². The van der Waals surface area contributed by atoms with Gasteiger partial charge in [-0.3, -0.25) is 4.99 Å². The second kappa shape index (κ2) is 11.8. The average Bonchev–Trinajstić information content (AvgIpc) is 3.17. The predicted molar refractivity (Wildman–Crippen MR) is 124 cm³/mol. The third kappa shape index (κ3) is 6.48. The molecule has 0 unspecified atom stereocenters. The van der Waals surface area contributed by atoms with E-state index < -0.39 is 0 Å². The molecule has 0 atom stereocenters. The van der Waals surface area contributed by atoms with E-state index in [4.69, 9.17) is 14.5 Å². The summed E-state index contributed by atoms with van der Waals surface area (Å²) in [5.74, 6) is 3.52. The summed E-state index contributed by atoms with van der Waals surface area (Å²) in [6.07, 6.45) is 3.66. The monoisotopic (exact) mass is 514 g/mol. The van der Waals surface area contributed by atoms with Crippen molar-refractivity contribution in [1.82, 2.24) is 25.0 Å². The Hall–Kier alpha value is -2.04. The Kier molecular flexibility index (Phi) is 9.49. The molecule has 0 spiro atoms. The maximum Gasteiger partial charge on any atom is 0.194 e. The smallest absolute Gasteiger partial charge is 0.194 e. The lowest BCUT2D eigenvalue weighted by Gasteiger charge is -2.24. The van der Waals surface area contributed by atoms with Gasteiger partial charge >= 0.3 is 0 Å². The maximum atomic E-state index is 5.70. The zero-order valence-corrected chi connectivity index (χ0v) is 19.8. The van der Waals surface area contributed by atoms with E-state index in [0.29, 0.717) is 13.2 Å². The standard InChI is InChI=1S/C20H30N6O2.HI/c1-4-8-21-20(22-9-10-26-15-23-24-19(26)5-2)25(3)14-16-6-7-17-18(13-16)28-12-11-27-17;/h6-7,13,15H,4-5,8-12,14H2,1-3H3,(H,21,22);1H. The number of rotatable bonds is 8. The molecule has 1 N–H and O–H groups in total. The van der Waals surface area contributed by atoms with Crippen LogP contribution in [0.1, 0.15) is 31.7 Å².